The average Bonchev–Trinajstić information content (AvgIpc) is 3.37. The minimum Gasteiger partial charge on any atom is -0.357 e. The van der Waals surface area contributed by atoms with Gasteiger partial charge >= 0.3 is 0 Å². The van der Waals surface area contributed by atoms with Crippen molar-refractivity contribution in [1.29, 1.82) is 0 Å². The zero-order valence-corrected chi connectivity index (χ0v) is 15.5. The Morgan fingerprint density at radius 3 is 2.68 bits per heavy atom. The van der Waals surface area contributed by atoms with Gasteiger partial charge in [-0.2, -0.15) is 0 Å². The van der Waals surface area contributed by atoms with Crippen molar-refractivity contribution >= 4 is 23.3 Å². The molecule has 0 radical (unpaired) electrons. The maximum atomic E-state index is 13.1. The summed E-state index contributed by atoms with van der Waals surface area (Å²) in [5.41, 5.74) is 0.600. The molecule has 3 heterocycles. The van der Waals surface area contributed by atoms with Crippen molar-refractivity contribution in [1.82, 2.24) is 15.3 Å². The number of carbonyl (C=O) groups is 2. The van der Waals surface area contributed by atoms with Crippen LogP contribution in [0.5, 0.6) is 0 Å². The highest BCUT2D eigenvalue weighted by molar-refractivity contribution is 6.00. The zero-order valence-electron chi connectivity index (χ0n) is 15.5. The van der Waals surface area contributed by atoms with Crippen molar-refractivity contribution in [2.45, 2.75) is 25.8 Å². The zero-order chi connectivity index (χ0) is 19.5. The minimum atomic E-state index is -0.445. The van der Waals surface area contributed by atoms with Gasteiger partial charge in [0.05, 0.1) is 12.5 Å². The summed E-state index contributed by atoms with van der Waals surface area (Å²) in [7, 11) is 0. The molecular formula is C20H22FN5O2. The molecule has 1 aromatic heterocycles. The summed E-state index contributed by atoms with van der Waals surface area (Å²) in [4.78, 5) is 37.3. The second-order valence-electron chi connectivity index (χ2n) is 7.12. The molecule has 4 rings (SSSR count). The number of rotatable bonds is 5. The van der Waals surface area contributed by atoms with Crippen LogP contribution in [0.25, 0.3) is 0 Å². The summed E-state index contributed by atoms with van der Waals surface area (Å²) in [6.45, 7) is 2.49. The average molecular weight is 383 g/mol. The molecule has 8 heteroatoms. The molecule has 0 spiro atoms. The SMILES string of the molecule is O=C(NCc1nccc(N2CCCC2)n1)C1CC(=O)N(c2ccc(F)cc2)C1. The smallest absolute Gasteiger partial charge is 0.227 e. The van der Waals surface area contributed by atoms with Crippen LogP contribution in [0.2, 0.25) is 0 Å². The lowest BCUT2D eigenvalue weighted by Crippen LogP contribution is -2.33. The molecule has 2 aromatic rings. The maximum Gasteiger partial charge on any atom is 0.227 e. The van der Waals surface area contributed by atoms with E-state index in [1.807, 2.05) is 6.07 Å². The van der Waals surface area contributed by atoms with Gasteiger partial charge in [0, 0.05) is 37.9 Å². The van der Waals surface area contributed by atoms with Crippen LogP contribution in [0.1, 0.15) is 25.1 Å². The van der Waals surface area contributed by atoms with E-state index in [2.05, 4.69) is 20.2 Å². The van der Waals surface area contributed by atoms with E-state index in [9.17, 15) is 14.0 Å². The number of nitrogens with zero attached hydrogens (tertiary/aromatic N) is 4. The Labute approximate surface area is 162 Å². The fraction of sp³-hybridized carbons (Fsp3) is 0.400. The highest BCUT2D eigenvalue weighted by Crippen LogP contribution is 2.25. The van der Waals surface area contributed by atoms with Crippen molar-refractivity contribution in [3.63, 3.8) is 0 Å². The number of halogens is 1. The molecule has 0 saturated carbocycles. The van der Waals surface area contributed by atoms with E-state index in [0.717, 1.165) is 31.7 Å². The molecular weight excluding hydrogens is 361 g/mol. The van der Waals surface area contributed by atoms with Crippen LogP contribution in [0.15, 0.2) is 36.5 Å². The van der Waals surface area contributed by atoms with Gasteiger partial charge in [-0.1, -0.05) is 0 Å². The van der Waals surface area contributed by atoms with Crippen LogP contribution in [-0.4, -0.2) is 41.4 Å². The summed E-state index contributed by atoms with van der Waals surface area (Å²) < 4.78 is 13.1. The molecule has 2 amide bonds. The second-order valence-corrected chi connectivity index (χ2v) is 7.12. The van der Waals surface area contributed by atoms with E-state index in [4.69, 9.17) is 0 Å². The Bertz CT molecular complexity index is 867. The van der Waals surface area contributed by atoms with Gasteiger partial charge in [-0.15, -0.1) is 0 Å². The predicted octanol–water partition coefficient (Wildman–Crippen LogP) is 1.89. The van der Waals surface area contributed by atoms with Gasteiger partial charge in [-0.25, -0.2) is 14.4 Å². The van der Waals surface area contributed by atoms with Crippen molar-refractivity contribution < 1.29 is 14.0 Å². The normalized spacial score (nSPS) is 19.3. The highest BCUT2D eigenvalue weighted by Gasteiger charge is 2.35. The lowest BCUT2D eigenvalue weighted by Gasteiger charge is -2.17. The number of amides is 2. The highest BCUT2D eigenvalue weighted by atomic mass is 19.1. The Kier molecular flexibility index (Phi) is 5.18. The molecule has 1 N–H and O–H groups in total. The quantitative estimate of drug-likeness (QED) is 0.853. The number of benzene rings is 1. The van der Waals surface area contributed by atoms with Crippen molar-refractivity contribution in [2.75, 3.05) is 29.4 Å². The fourth-order valence-corrected chi connectivity index (χ4v) is 3.66. The minimum absolute atomic E-state index is 0.137. The number of carbonyl (C=O) groups excluding carboxylic acids is 2. The fourth-order valence-electron chi connectivity index (χ4n) is 3.66. The molecule has 2 saturated heterocycles. The molecule has 2 aliphatic heterocycles. The van der Waals surface area contributed by atoms with E-state index in [0.29, 0.717) is 11.5 Å². The van der Waals surface area contributed by atoms with Crippen LogP contribution in [0.3, 0.4) is 0 Å². The number of hydrogen-bond acceptors (Lipinski definition) is 5. The van der Waals surface area contributed by atoms with Gasteiger partial charge in [0.15, 0.2) is 0 Å². The number of hydrogen-bond donors (Lipinski definition) is 1. The number of nitrogens with one attached hydrogen (secondary N) is 1. The van der Waals surface area contributed by atoms with Crippen LogP contribution in [0.4, 0.5) is 15.9 Å². The van der Waals surface area contributed by atoms with Crippen LogP contribution in [-0.2, 0) is 16.1 Å². The molecule has 0 aliphatic carbocycles. The van der Waals surface area contributed by atoms with E-state index in [-0.39, 0.29) is 37.1 Å². The van der Waals surface area contributed by atoms with Crippen LogP contribution >= 0.6 is 0 Å². The maximum absolute atomic E-state index is 13.1. The second kappa shape index (κ2) is 7.92. The summed E-state index contributed by atoms with van der Waals surface area (Å²) in [6.07, 6.45) is 4.17. The molecule has 28 heavy (non-hydrogen) atoms. The Balaban J connectivity index is 1.35. The molecule has 7 nitrogen and oxygen atoms in total. The Morgan fingerprint density at radius 1 is 1.18 bits per heavy atom. The topological polar surface area (TPSA) is 78.4 Å². The van der Waals surface area contributed by atoms with Crippen LogP contribution < -0.4 is 15.1 Å². The molecule has 146 valence electrons. The third-order valence-electron chi connectivity index (χ3n) is 5.18. The molecule has 1 unspecified atom stereocenters. The number of anilines is 2. The van der Waals surface area contributed by atoms with Crippen molar-refractivity contribution in [3.8, 4) is 0 Å². The van der Waals surface area contributed by atoms with E-state index < -0.39 is 5.92 Å². The third kappa shape index (κ3) is 3.95. The first-order chi connectivity index (χ1) is 13.6. The Morgan fingerprint density at radius 2 is 1.93 bits per heavy atom. The summed E-state index contributed by atoms with van der Waals surface area (Å²) in [6, 6.07) is 7.59. The summed E-state index contributed by atoms with van der Waals surface area (Å²) in [5, 5.41) is 2.84. The van der Waals surface area contributed by atoms with Gasteiger partial charge in [0.1, 0.15) is 17.5 Å². The van der Waals surface area contributed by atoms with E-state index in [1.54, 1.807) is 18.3 Å². The Hall–Kier alpha value is -3.03. The van der Waals surface area contributed by atoms with Gasteiger partial charge in [-0.05, 0) is 43.2 Å². The monoisotopic (exact) mass is 383 g/mol. The lowest BCUT2D eigenvalue weighted by atomic mass is 10.1. The van der Waals surface area contributed by atoms with E-state index >= 15 is 0 Å². The van der Waals surface area contributed by atoms with Gasteiger partial charge in [-0.3, -0.25) is 9.59 Å². The summed E-state index contributed by atoms with van der Waals surface area (Å²) in [5.74, 6) is 0.292. The standard InChI is InChI=1S/C20H22FN5O2/c21-15-3-5-16(6-4-15)26-13-14(11-19(26)27)20(28)23-12-17-22-8-7-18(24-17)25-9-1-2-10-25/h3-8,14H,1-2,9-13H2,(H,23,28). The molecule has 0 bridgehead atoms. The molecule has 1 aromatic carbocycles. The van der Waals surface area contributed by atoms with Crippen molar-refractivity contribution in [2.24, 2.45) is 5.92 Å². The molecule has 2 fully saturated rings. The van der Waals surface area contributed by atoms with Gasteiger partial charge < -0.3 is 15.1 Å². The molecule has 1 atom stereocenters. The predicted molar refractivity (Wildman–Crippen MR) is 102 cm³/mol. The first-order valence-electron chi connectivity index (χ1n) is 9.50. The van der Waals surface area contributed by atoms with Crippen LogP contribution in [0, 0.1) is 11.7 Å². The molecule has 2 aliphatic rings. The van der Waals surface area contributed by atoms with Crippen molar-refractivity contribution in [3.05, 3.63) is 48.2 Å². The van der Waals surface area contributed by atoms with Gasteiger partial charge in [0.2, 0.25) is 11.8 Å². The largest absolute Gasteiger partial charge is 0.357 e. The first kappa shape index (κ1) is 18.3. The first-order valence-corrected chi connectivity index (χ1v) is 9.50. The van der Waals surface area contributed by atoms with E-state index in [1.165, 1.54) is 17.0 Å². The van der Waals surface area contributed by atoms with Gasteiger partial charge in [0.25, 0.3) is 0 Å². The lowest BCUT2D eigenvalue weighted by molar-refractivity contribution is -0.126. The number of aromatic nitrogens is 2. The summed E-state index contributed by atoms with van der Waals surface area (Å²) >= 11 is 0. The third-order valence-corrected chi connectivity index (χ3v) is 5.18.